The third-order valence-corrected chi connectivity index (χ3v) is 4.51. The zero-order valence-electron chi connectivity index (χ0n) is 16.0. The van der Waals surface area contributed by atoms with E-state index in [0.717, 1.165) is 22.4 Å². The Hall–Kier alpha value is -3.29. The lowest BCUT2D eigenvalue weighted by Gasteiger charge is -2.12. The van der Waals surface area contributed by atoms with E-state index < -0.39 is 18.6 Å². The Morgan fingerprint density at radius 2 is 2.10 bits per heavy atom. The monoisotopic (exact) mass is 403 g/mol. The van der Waals surface area contributed by atoms with Crippen LogP contribution in [0.2, 0.25) is 0 Å². The second-order valence-electron chi connectivity index (χ2n) is 6.54. The molecule has 3 aromatic rings. The lowest BCUT2D eigenvalue weighted by molar-refractivity contribution is -0.131. The van der Waals surface area contributed by atoms with E-state index in [9.17, 15) is 18.0 Å². The molecule has 1 aromatic carbocycles. The number of imidazole rings is 1. The first-order valence-corrected chi connectivity index (χ1v) is 8.87. The van der Waals surface area contributed by atoms with E-state index in [2.05, 4.69) is 16.9 Å². The first-order valence-electron chi connectivity index (χ1n) is 8.87. The number of alkyl halides is 3. The second kappa shape index (κ2) is 7.98. The zero-order valence-corrected chi connectivity index (χ0v) is 16.0. The van der Waals surface area contributed by atoms with Crippen molar-refractivity contribution in [2.75, 3.05) is 19.0 Å². The highest BCUT2D eigenvalue weighted by atomic mass is 19.4. The van der Waals surface area contributed by atoms with E-state index in [1.165, 1.54) is 7.11 Å². The van der Waals surface area contributed by atoms with Gasteiger partial charge in [-0.1, -0.05) is 18.7 Å². The Bertz CT molecular complexity index is 1070. The van der Waals surface area contributed by atoms with E-state index >= 15 is 0 Å². The number of nitrogens with one attached hydrogen (secondary N) is 1. The number of anilines is 1. The number of rotatable bonds is 6. The minimum atomic E-state index is -4.24. The Balaban J connectivity index is 2.02. The molecule has 0 radical (unpaired) electrons. The van der Waals surface area contributed by atoms with Gasteiger partial charge in [0, 0.05) is 18.3 Å². The van der Waals surface area contributed by atoms with E-state index in [1.807, 2.05) is 12.3 Å². The summed E-state index contributed by atoms with van der Waals surface area (Å²) < 4.78 is 44.0. The maximum absolute atomic E-state index is 12.5. The average Bonchev–Trinajstić information content (AvgIpc) is 3.10. The van der Waals surface area contributed by atoms with Crippen LogP contribution in [0.4, 0.5) is 18.9 Å². The van der Waals surface area contributed by atoms with Crippen LogP contribution in [0, 0.1) is 6.92 Å². The summed E-state index contributed by atoms with van der Waals surface area (Å²) in [6.07, 6.45) is -0.116. The highest BCUT2D eigenvalue weighted by Crippen LogP contribution is 2.28. The summed E-state index contributed by atoms with van der Waals surface area (Å²) in [7, 11) is 1.32. The van der Waals surface area contributed by atoms with Gasteiger partial charge in [-0.05, 0) is 36.2 Å². The van der Waals surface area contributed by atoms with Gasteiger partial charge in [0.2, 0.25) is 0 Å². The fourth-order valence-electron chi connectivity index (χ4n) is 3.06. The van der Waals surface area contributed by atoms with E-state index in [0.29, 0.717) is 16.9 Å². The van der Waals surface area contributed by atoms with Gasteiger partial charge in [0.25, 0.3) is 0 Å². The quantitative estimate of drug-likeness (QED) is 0.582. The predicted octanol–water partition coefficient (Wildman–Crippen LogP) is 5.10. The molecule has 0 atom stereocenters. The van der Waals surface area contributed by atoms with Crippen LogP contribution in [0.5, 0.6) is 0 Å². The van der Waals surface area contributed by atoms with Crippen LogP contribution >= 0.6 is 0 Å². The van der Waals surface area contributed by atoms with Gasteiger partial charge in [-0.15, -0.1) is 0 Å². The van der Waals surface area contributed by atoms with Crippen LogP contribution in [0.25, 0.3) is 23.0 Å². The molecule has 1 N–H and O–H groups in total. The van der Waals surface area contributed by atoms with Crippen LogP contribution < -0.4 is 5.32 Å². The predicted molar refractivity (Wildman–Crippen MR) is 106 cm³/mol. The molecule has 3 rings (SSSR count). The summed E-state index contributed by atoms with van der Waals surface area (Å²) in [5, 5.41) is 2.81. The van der Waals surface area contributed by atoms with Crippen molar-refractivity contribution in [1.82, 2.24) is 9.38 Å². The van der Waals surface area contributed by atoms with Gasteiger partial charge in [-0.2, -0.15) is 13.2 Å². The minimum absolute atomic E-state index is 0.255. The summed E-state index contributed by atoms with van der Waals surface area (Å²) in [6.45, 7) is 5.30. The Labute approximate surface area is 165 Å². The zero-order chi connectivity index (χ0) is 21.2. The van der Waals surface area contributed by atoms with Gasteiger partial charge in [0.15, 0.2) is 5.65 Å². The first kappa shape index (κ1) is 20.4. The summed E-state index contributed by atoms with van der Waals surface area (Å²) in [5.41, 5.74) is 4.48. The Kier molecular flexibility index (Phi) is 5.63. The van der Waals surface area contributed by atoms with Crippen molar-refractivity contribution in [2.24, 2.45) is 0 Å². The molecule has 0 spiro atoms. The molecule has 5 nitrogen and oxygen atoms in total. The lowest BCUT2D eigenvalue weighted by Crippen LogP contribution is -2.15. The largest absolute Gasteiger partial charge is 0.465 e. The van der Waals surface area contributed by atoms with Crippen molar-refractivity contribution in [2.45, 2.75) is 19.5 Å². The average molecular weight is 403 g/mol. The summed E-state index contributed by atoms with van der Waals surface area (Å²) in [4.78, 5) is 16.2. The molecule has 0 unspecified atom stereocenters. The van der Waals surface area contributed by atoms with E-state index in [-0.39, 0.29) is 6.54 Å². The number of esters is 1. The summed E-state index contributed by atoms with van der Waals surface area (Å²) in [6, 6.07) is 7.00. The molecule has 29 heavy (non-hydrogen) atoms. The molecule has 0 amide bonds. The molecule has 8 heteroatoms. The van der Waals surface area contributed by atoms with Crippen LogP contribution in [-0.2, 0) is 4.74 Å². The molecule has 0 saturated carbocycles. The first-order chi connectivity index (χ1) is 13.7. The van der Waals surface area contributed by atoms with Gasteiger partial charge in [-0.3, -0.25) is 4.40 Å². The fourth-order valence-corrected chi connectivity index (χ4v) is 3.06. The number of aromatic nitrogens is 2. The topological polar surface area (TPSA) is 55.6 Å². The van der Waals surface area contributed by atoms with Crippen LogP contribution in [0.3, 0.4) is 0 Å². The molecule has 0 aliphatic carbocycles. The van der Waals surface area contributed by atoms with Crippen molar-refractivity contribution < 1.29 is 22.7 Å². The molecule has 0 fully saturated rings. The number of methoxy groups -OCH3 is 1. The number of nitrogens with zero attached hydrogens (tertiary/aromatic N) is 2. The number of aryl methyl sites for hydroxylation is 1. The van der Waals surface area contributed by atoms with Crippen LogP contribution in [0.15, 0.2) is 43.2 Å². The molecule has 2 heterocycles. The van der Waals surface area contributed by atoms with Crippen LogP contribution in [0.1, 0.15) is 27.9 Å². The van der Waals surface area contributed by atoms with Crippen LogP contribution in [-0.4, -0.2) is 35.2 Å². The van der Waals surface area contributed by atoms with Crippen molar-refractivity contribution >= 4 is 23.4 Å². The fraction of sp³-hybridized carbons (Fsp3) is 0.238. The number of ether oxygens (including phenoxy) is 1. The van der Waals surface area contributed by atoms with Gasteiger partial charge >= 0.3 is 12.1 Å². The maximum atomic E-state index is 12.5. The van der Waals surface area contributed by atoms with Gasteiger partial charge in [0.1, 0.15) is 0 Å². The highest BCUT2D eigenvalue weighted by Gasteiger charge is 2.26. The van der Waals surface area contributed by atoms with Gasteiger partial charge in [-0.25, -0.2) is 9.78 Å². The molecule has 0 aliphatic rings. The van der Waals surface area contributed by atoms with E-state index in [4.69, 9.17) is 4.74 Å². The Morgan fingerprint density at radius 1 is 1.34 bits per heavy atom. The van der Waals surface area contributed by atoms with Gasteiger partial charge < -0.3 is 10.1 Å². The van der Waals surface area contributed by atoms with Crippen molar-refractivity contribution in [3.05, 3.63) is 59.9 Å². The summed E-state index contributed by atoms with van der Waals surface area (Å²) in [5.74, 6) is -0.419. The highest BCUT2D eigenvalue weighted by molar-refractivity contribution is 5.91. The molecule has 2 aromatic heterocycles. The number of pyridine rings is 1. The number of benzene rings is 1. The van der Waals surface area contributed by atoms with Crippen molar-refractivity contribution in [3.63, 3.8) is 0 Å². The number of carbonyl (C=O) groups is 1. The number of fused-ring (bicyclic) bond motifs is 1. The lowest BCUT2D eigenvalue weighted by atomic mass is 10.0. The smallest absolute Gasteiger partial charge is 0.390 e. The molecule has 0 saturated heterocycles. The number of carbonyl (C=O) groups excluding carboxylic acids is 1. The number of halogens is 3. The molecule has 0 aliphatic heterocycles. The third-order valence-electron chi connectivity index (χ3n) is 4.51. The van der Waals surface area contributed by atoms with Gasteiger partial charge in [0.05, 0.1) is 36.7 Å². The SMILES string of the molecule is C=Cc1cc(NCCC(F)(F)F)c2ncc(-c3ccc(C(=O)OC)c(C)c3)n2c1. The van der Waals surface area contributed by atoms with E-state index in [1.54, 1.807) is 41.8 Å². The molecule has 152 valence electrons. The van der Waals surface area contributed by atoms with Crippen molar-refractivity contribution in [1.29, 1.82) is 0 Å². The normalized spacial score (nSPS) is 11.5. The standard InChI is InChI=1S/C21H20F3N3O2/c1-4-14-10-17(25-8-7-21(22,23)24)19-26-11-18(27(19)12-14)15-5-6-16(13(2)9-15)20(28)29-3/h4-6,9-12,25H,1,7-8H2,2-3H3. The molecule has 0 bridgehead atoms. The number of hydrogen-bond donors (Lipinski definition) is 1. The van der Waals surface area contributed by atoms with Crippen molar-refractivity contribution in [3.8, 4) is 11.3 Å². The minimum Gasteiger partial charge on any atom is -0.465 e. The number of hydrogen-bond acceptors (Lipinski definition) is 4. The third kappa shape index (κ3) is 4.42. The second-order valence-corrected chi connectivity index (χ2v) is 6.54. The summed E-state index contributed by atoms with van der Waals surface area (Å²) >= 11 is 0. The maximum Gasteiger partial charge on any atom is 0.390 e. The molecular weight excluding hydrogens is 383 g/mol. The Morgan fingerprint density at radius 3 is 2.72 bits per heavy atom. The molecular formula is C21H20F3N3O2.